The van der Waals surface area contributed by atoms with Crippen LogP contribution in [0.4, 0.5) is 5.69 Å². The van der Waals surface area contributed by atoms with Gasteiger partial charge in [-0.05, 0) is 59.1 Å². The summed E-state index contributed by atoms with van der Waals surface area (Å²) in [6.07, 6.45) is 0. The summed E-state index contributed by atoms with van der Waals surface area (Å²) < 4.78 is 5.62. The number of carbonyl (C=O) groups is 2. The summed E-state index contributed by atoms with van der Waals surface area (Å²) in [4.78, 5) is 24.4. The highest BCUT2D eigenvalue weighted by Gasteiger charge is 2.14. The maximum Gasteiger partial charge on any atom is 0.337 e. The molecule has 1 aromatic carbocycles. The Morgan fingerprint density at radius 2 is 1.90 bits per heavy atom. The minimum Gasteiger partial charge on any atom is -0.465 e. The van der Waals surface area contributed by atoms with Crippen molar-refractivity contribution in [3.8, 4) is 0 Å². The molecule has 110 valence electrons. The fourth-order valence-electron chi connectivity index (χ4n) is 1.76. The molecule has 0 aliphatic carbocycles. The first-order chi connectivity index (χ1) is 9.92. The smallest absolute Gasteiger partial charge is 0.337 e. The third-order valence-corrected chi connectivity index (χ3v) is 5.12. The van der Waals surface area contributed by atoms with E-state index in [9.17, 15) is 9.59 Å². The Labute approximate surface area is 135 Å². The Kier molecular flexibility index (Phi) is 4.80. The van der Waals surface area contributed by atoms with Crippen molar-refractivity contribution >= 4 is 44.8 Å². The van der Waals surface area contributed by atoms with Crippen LogP contribution in [0.15, 0.2) is 28.1 Å². The molecule has 0 atom stereocenters. The average Bonchev–Trinajstić information content (AvgIpc) is 2.80. The van der Waals surface area contributed by atoms with Gasteiger partial charge in [0, 0.05) is 5.69 Å². The first kappa shape index (κ1) is 15.7. The number of rotatable bonds is 3. The first-order valence-electron chi connectivity index (χ1n) is 6.18. The van der Waals surface area contributed by atoms with Crippen LogP contribution in [-0.4, -0.2) is 19.0 Å². The van der Waals surface area contributed by atoms with Gasteiger partial charge < -0.3 is 10.1 Å². The van der Waals surface area contributed by atoms with E-state index in [4.69, 9.17) is 0 Å². The number of hydrogen-bond acceptors (Lipinski definition) is 4. The molecule has 4 nitrogen and oxygen atoms in total. The van der Waals surface area contributed by atoms with E-state index in [0.29, 0.717) is 16.1 Å². The number of halogens is 1. The molecule has 0 bridgehead atoms. The number of nitrogens with one attached hydrogen (secondary N) is 1. The minimum absolute atomic E-state index is 0.195. The molecule has 1 N–H and O–H groups in total. The Hall–Kier alpha value is -1.66. The molecule has 0 saturated heterocycles. The van der Waals surface area contributed by atoms with Crippen LogP contribution in [0.3, 0.4) is 0 Å². The van der Waals surface area contributed by atoms with Crippen molar-refractivity contribution in [3.05, 3.63) is 49.6 Å². The van der Waals surface area contributed by atoms with E-state index in [-0.39, 0.29) is 5.91 Å². The summed E-state index contributed by atoms with van der Waals surface area (Å²) in [5.41, 5.74) is 2.90. The van der Waals surface area contributed by atoms with Gasteiger partial charge in [-0.1, -0.05) is 6.07 Å². The first-order valence-corrected chi connectivity index (χ1v) is 7.79. The van der Waals surface area contributed by atoms with Crippen LogP contribution < -0.4 is 5.32 Å². The number of anilines is 1. The third kappa shape index (κ3) is 3.51. The number of esters is 1. The number of ether oxygens (including phenoxy) is 1. The molecule has 0 saturated carbocycles. The van der Waals surface area contributed by atoms with Gasteiger partial charge in [-0.15, -0.1) is 11.3 Å². The van der Waals surface area contributed by atoms with Gasteiger partial charge in [0.05, 0.1) is 21.3 Å². The third-order valence-electron chi connectivity index (χ3n) is 2.99. The molecule has 0 aliphatic rings. The molecule has 1 aromatic heterocycles. The molecule has 0 spiro atoms. The number of methoxy groups -OCH3 is 1. The SMILES string of the molecule is COC(=O)c1ccc(C)c(NC(=O)c2cc(C)c(Br)s2)c1. The zero-order valence-electron chi connectivity index (χ0n) is 11.8. The normalized spacial score (nSPS) is 10.3. The Morgan fingerprint density at radius 3 is 2.48 bits per heavy atom. The summed E-state index contributed by atoms with van der Waals surface area (Å²) in [6, 6.07) is 6.89. The lowest BCUT2D eigenvalue weighted by molar-refractivity contribution is 0.0600. The lowest BCUT2D eigenvalue weighted by Crippen LogP contribution is -2.12. The van der Waals surface area contributed by atoms with Gasteiger partial charge in [-0.2, -0.15) is 0 Å². The van der Waals surface area contributed by atoms with Crippen molar-refractivity contribution in [2.75, 3.05) is 12.4 Å². The number of amides is 1. The molecule has 0 unspecified atom stereocenters. The number of carbonyl (C=O) groups excluding carboxylic acids is 2. The molecule has 1 heterocycles. The molecule has 0 aliphatic heterocycles. The van der Waals surface area contributed by atoms with Crippen molar-refractivity contribution in [2.45, 2.75) is 13.8 Å². The van der Waals surface area contributed by atoms with Gasteiger partial charge >= 0.3 is 5.97 Å². The number of aryl methyl sites for hydroxylation is 2. The van der Waals surface area contributed by atoms with Crippen LogP contribution in [0, 0.1) is 13.8 Å². The van der Waals surface area contributed by atoms with Crippen molar-refractivity contribution in [1.82, 2.24) is 0 Å². The van der Waals surface area contributed by atoms with Crippen LogP contribution in [0.25, 0.3) is 0 Å². The average molecular weight is 368 g/mol. The Morgan fingerprint density at radius 1 is 1.19 bits per heavy atom. The zero-order valence-corrected chi connectivity index (χ0v) is 14.2. The van der Waals surface area contributed by atoms with Crippen LogP contribution >= 0.6 is 27.3 Å². The van der Waals surface area contributed by atoms with Crippen LogP contribution in [0.1, 0.15) is 31.2 Å². The molecule has 21 heavy (non-hydrogen) atoms. The summed E-state index contributed by atoms with van der Waals surface area (Å²) in [6.45, 7) is 3.80. The second kappa shape index (κ2) is 6.41. The van der Waals surface area contributed by atoms with Gasteiger partial charge in [0.15, 0.2) is 0 Å². The second-order valence-electron chi connectivity index (χ2n) is 4.54. The highest BCUT2D eigenvalue weighted by Crippen LogP contribution is 2.28. The Balaban J connectivity index is 2.26. The largest absolute Gasteiger partial charge is 0.465 e. The van der Waals surface area contributed by atoms with Gasteiger partial charge in [-0.25, -0.2) is 4.79 Å². The molecular weight excluding hydrogens is 354 g/mol. The van der Waals surface area contributed by atoms with Crippen LogP contribution in [-0.2, 0) is 4.74 Å². The van der Waals surface area contributed by atoms with E-state index < -0.39 is 5.97 Å². The predicted octanol–water partition coefficient (Wildman–Crippen LogP) is 4.17. The molecule has 0 radical (unpaired) electrons. The van der Waals surface area contributed by atoms with Crippen molar-refractivity contribution in [1.29, 1.82) is 0 Å². The molecule has 6 heteroatoms. The van der Waals surface area contributed by atoms with E-state index >= 15 is 0 Å². The standard InChI is InChI=1S/C15H14BrNO3S/c1-8-4-5-10(15(19)20-3)7-11(8)17-14(18)12-6-9(2)13(16)21-12/h4-7H,1-3H3,(H,17,18). The molecule has 2 rings (SSSR count). The molecule has 1 amide bonds. The maximum absolute atomic E-state index is 12.2. The zero-order chi connectivity index (χ0) is 15.6. The van der Waals surface area contributed by atoms with Gasteiger partial charge in [0.1, 0.15) is 0 Å². The van der Waals surface area contributed by atoms with Gasteiger partial charge in [0.25, 0.3) is 5.91 Å². The molecule has 0 fully saturated rings. The summed E-state index contributed by atoms with van der Waals surface area (Å²) in [7, 11) is 1.33. The van der Waals surface area contributed by atoms with E-state index in [0.717, 1.165) is 14.9 Å². The van der Waals surface area contributed by atoms with Crippen molar-refractivity contribution < 1.29 is 14.3 Å². The van der Waals surface area contributed by atoms with E-state index in [2.05, 4.69) is 26.0 Å². The van der Waals surface area contributed by atoms with Crippen molar-refractivity contribution in [3.63, 3.8) is 0 Å². The fraction of sp³-hybridized carbons (Fsp3) is 0.200. The summed E-state index contributed by atoms with van der Waals surface area (Å²) >= 11 is 4.78. The highest BCUT2D eigenvalue weighted by atomic mass is 79.9. The molecular formula is C15H14BrNO3S. The quantitative estimate of drug-likeness (QED) is 0.828. The van der Waals surface area contributed by atoms with Crippen molar-refractivity contribution in [2.24, 2.45) is 0 Å². The summed E-state index contributed by atoms with van der Waals surface area (Å²) in [5.74, 6) is -0.626. The van der Waals surface area contributed by atoms with Gasteiger partial charge in [-0.3, -0.25) is 4.79 Å². The molecule has 2 aromatic rings. The lowest BCUT2D eigenvalue weighted by atomic mass is 10.1. The summed E-state index contributed by atoms with van der Waals surface area (Å²) in [5, 5.41) is 2.83. The Bertz CT molecular complexity index is 689. The van der Waals surface area contributed by atoms with E-state index in [1.165, 1.54) is 18.4 Å². The lowest BCUT2D eigenvalue weighted by Gasteiger charge is -2.09. The monoisotopic (exact) mass is 367 g/mol. The van der Waals surface area contributed by atoms with Gasteiger partial charge in [0.2, 0.25) is 0 Å². The maximum atomic E-state index is 12.2. The predicted molar refractivity (Wildman–Crippen MR) is 87.2 cm³/mol. The van der Waals surface area contributed by atoms with Crippen LogP contribution in [0.5, 0.6) is 0 Å². The fourth-order valence-corrected chi connectivity index (χ4v) is 3.19. The van der Waals surface area contributed by atoms with E-state index in [1.54, 1.807) is 18.2 Å². The number of benzene rings is 1. The minimum atomic E-state index is -0.430. The van der Waals surface area contributed by atoms with E-state index in [1.807, 2.05) is 19.9 Å². The highest BCUT2D eigenvalue weighted by molar-refractivity contribution is 9.11. The number of hydrogen-bond donors (Lipinski definition) is 1. The second-order valence-corrected chi connectivity index (χ2v) is 6.91. The van der Waals surface area contributed by atoms with Crippen LogP contribution in [0.2, 0.25) is 0 Å². The number of thiophene rings is 1. The topological polar surface area (TPSA) is 55.4 Å².